The quantitative estimate of drug-likeness (QED) is 0.0406. The number of nitrogens with zero attached hydrogens (tertiary/aromatic N) is 4. The zero-order valence-corrected chi connectivity index (χ0v) is 26.9. The van der Waals surface area contributed by atoms with Crippen molar-refractivity contribution in [2.75, 3.05) is 23.4 Å². The maximum absolute atomic E-state index is 13.4. The molecule has 0 radical (unpaired) electrons. The molecule has 0 aliphatic heterocycles. The second-order valence-corrected chi connectivity index (χ2v) is 11.6. The Bertz CT molecular complexity index is 1710. The molecule has 1 heterocycles. The molecule has 0 amide bonds. The molecule has 2 aromatic carbocycles. The standard InChI is InChI=1S/C18H16F2N6O9S3.2Na/c19-16-9-17(24-18(20)23-16)22-13-7-12(21)15(37(29,30)31)8-14(13)26-25-10-1-3-11(4-2-10)36(27,28)6-5-35-38(32,33)34;;/h1-4,7-9H,5-6,21H2,(H,22,23,24)(H,29,30,31)(H,32,33,34);;/q;2*+1/p-2. The van der Waals surface area contributed by atoms with Crippen molar-refractivity contribution in [2.45, 2.75) is 9.79 Å². The molecule has 0 aliphatic carbocycles. The second kappa shape index (κ2) is 14.5. The van der Waals surface area contributed by atoms with Gasteiger partial charge in [0, 0.05) is 6.07 Å². The smallest absolute Gasteiger partial charge is 0.744 e. The van der Waals surface area contributed by atoms with Gasteiger partial charge in [-0.1, -0.05) is 0 Å². The van der Waals surface area contributed by atoms with Crippen molar-refractivity contribution in [3.8, 4) is 0 Å². The molecule has 3 aromatic rings. The summed E-state index contributed by atoms with van der Waals surface area (Å²) in [5.41, 5.74) is 4.64. The van der Waals surface area contributed by atoms with E-state index in [-0.39, 0.29) is 81.1 Å². The fraction of sp³-hybridized carbons (Fsp3) is 0.111. The zero-order valence-electron chi connectivity index (χ0n) is 20.5. The van der Waals surface area contributed by atoms with E-state index in [0.29, 0.717) is 6.07 Å². The van der Waals surface area contributed by atoms with Gasteiger partial charge in [0.2, 0.25) is 16.3 Å². The number of anilines is 3. The van der Waals surface area contributed by atoms with Gasteiger partial charge >= 0.3 is 65.2 Å². The molecule has 15 nitrogen and oxygen atoms in total. The van der Waals surface area contributed by atoms with Crippen molar-refractivity contribution >= 4 is 58.9 Å². The van der Waals surface area contributed by atoms with Crippen LogP contribution in [-0.4, -0.2) is 56.7 Å². The van der Waals surface area contributed by atoms with E-state index in [2.05, 4.69) is 29.7 Å². The number of halogens is 2. The number of hydrogen-bond acceptors (Lipinski definition) is 15. The van der Waals surface area contributed by atoms with E-state index in [1.807, 2.05) is 0 Å². The third kappa shape index (κ3) is 10.6. The molecule has 22 heteroatoms. The molecule has 0 saturated carbocycles. The normalized spacial score (nSPS) is 12.0. The van der Waals surface area contributed by atoms with Crippen molar-refractivity contribution in [2.24, 2.45) is 10.2 Å². The van der Waals surface area contributed by atoms with Crippen LogP contribution < -0.4 is 70.2 Å². The Morgan fingerprint density at radius 1 is 0.925 bits per heavy atom. The fourth-order valence-electron chi connectivity index (χ4n) is 2.77. The molecule has 0 atom stereocenters. The summed E-state index contributed by atoms with van der Waals surface area (Å²) in [5.74, 6) is -2.45. The number of sulfone groups is 1. The van der Waals surface area contributed by atoms with Crippen LogP contribution in [-0.2, 0) is 34.5 Å². The molecule has 3 N–H and O–H groups in total. The van der Waals surface area contributed by atoms with Gasteiger partial charge in [0.1, 0.15) is 21.6 Å². The summed E-state index contributed by atoms with van der Waals surface area (Å²) in [6.07, 6.45) is -1.42. The summed E-state index contributed by atoms with van der Waals surface area (Å²) in [6.45, 7) is -0.895. The van der Waals surface area contributed by atoms with E-state index in [0.717, 1.165) is 24.3 Å². The van der Waals surface area contributed by atoms with Crippen molar-refractivity contribution in [1.82, 2.24) is 9.97 Å². The van der Waals surface area contributed by atoms with Crippen molar-refractivity contribution in [3.05, 3.63) is 54.5 Å². The number of nitrogens with two attached hydrogens (primary N) is 1. The van der Waals surface area contributed by atoms with Crippen LogP contribution in [0.25, 0.3) is 0 Å². The SMILES string of the molecule is Nc1cc(Nc2cc(F)nc(F)n2)c(N=Nc2ccc(S(=O)(=O)CCOS(=O)(=O)[O-])cc2)cc1S(=O)(=O)[O-].[Na+].[Na+]. The van der Waals surface area contributed by atoms with Gasteiger partial charge in [-0.25, -0.2) is 25.3 Å². The first kappa shape index (κ1) is 36.3. The Labute approximate surface area is 270 Å². The average Bonchev–Trinajstić information content (AvgIpc) is 2.76. The van der Waals surface area contributed by atoms with Crippen LogP contribution in [0.1, 0.15) is 0 Å². The van der Waals surface area contributed by atoms with Gasteiger partial charge in [0.05, 0.1) is 39.2 Å². The fourth-order valence-corrected chi connectivity index (χ4v) is 4.86. The number of nitrogens with one attached hydrogen (secondary N) is 1. The van der Waals surface area contributed by atoms with Crippen LogP contribution in [0.3, 0.4) is 0 Å². The predicted molar refractivity (Wildman–Crippen MR) is 122 cm³/mol. The molecule has 0 bridgehead atoms. The monoisotopic (exact) mass is 638 g/mol. The van der Waals surface area contributed by atoms with Crippen molar-refractivity contribution < 1.29 is 106 Å². The number of benzene rings is 2. The molecule has 40 heavy (non-hydrogen) atoms. The molecular formula is C18H14F2N6Na2O9S3. The minimum Gasteiger partial charge on any atom is -0.744 e. The average molecular weight is 639 g/mol. The Morgan fingerprint density at radius 2 is 1.55 bits per heavy atom. The number of nitrogen functional groups attached to an aromatic ring is 1. The summed E-state index contributed by atoms with van der Waals surface area (Å²) in [6, 6.07) is 6.90. The van der Waals surface area contributed by atoms with E-state index >= 15 is 0 Å². The molecule has 0 saturated heterocycles. The van der Waals surface area contributed by atoms with Crippen LogP contribution in [0.2, 0.25) is 0 Å². The van der Waals surface area contributed by atoms with Gasteiger partial charge < -0.3 is 20.2 Å². The Balaban J connectivity index is 0.00000400. The number of aromatic nitrogens is 2. The topological polar surface area (TPSA) is 246 Å². The first-order valence-corrected chi connectivity index (χ1v) is 14.1. The Morgan fingerprint density at radius 3 is 2.10 bits per heavy atom. The molecule has 3 rings (SSSR count). The number of rotatable bonds is 10. The Hall–Kier alpha value is -1.69. The van der Waals surface area contributed by atoms with Crippen molar-refractivity contribution in [1.29, 1.82) is 0 Å². The number of azo groups is 1. The second-order valence-electron chi connectivity index (χ2n) is 7.07. The zero-order chi connectivity index (χ0) is 28.3. The van der Waals surface area contributed by atoms with E-state index in [9.17, 15) is 43.1 Å². The molecular weight excluding hydrogens is 624 g/mol. The molecule has 204 valence electrons. The molecule has 1 aromatic heterocycles. The van der Waals surface area contributed by atoms with E-state index in [1.54, 1.807) is 0 Å². The summed E-state index contributed by atoms with van der Waals surface area (Å²) < 4.78 is 121. The molecule has 0 spiro atoms. The van der Waals surface area contributed by atoms with Crippen LogP contribution in [0.5, 0.6) is 0 Å². The summed E-state index contributed by atoms with van der Waals surface area (Å²) in [4.78, 5) is 5.01. The third-order valence-corrected chi connectivity index (χ3v) is 7.42. The van der Waals surface area contributed by atoms with Crippen LogP contribution in [0.4, 0.5) is 37.3 Å². The maximum atomic E-state index is 13.4. The van der Waals surface area contributed by atoms with Gasteiger partial charge in [-0.2, -0.15) is 23.9 Å². The van der Waals surface area contributed by atoms with E-state index in [4.69, 9.17) is 5.73 Å². The molecule has 0 aliphatic rings. The van der Waals surface area contributed by atoms with Crippen molar-refractivity contribution in [3.63, 3.8) is 0 Å². The van der Waals surface area contributed by atoms with Gasteiger partial charge in [0.25, 0.3) is 0 Å². The molecule has 0 unspecified atom stereocenters. The van der Waals surface area contributed by atoms with Gasteiger partial charge in [-0.05, 0) is 36.4 Å². The first-order chi connectivity index (χ1) is 17.5. The largest absolute Gasteiger partial charge is 1.00 e. The predicted octanol–water partition coefficient (Wildman–Crippen LogP) is -4.34. The van der Waals surface area contributed by atoms with Crippen LogP contribution in [0.15, 0.2) is 62.5 Å². The van der Waals surface area contributed by atoms with Gasteiger partial charge in [-0.15, -0.1) is 5.11 Å². The number of hydrogen-bond donors (Lipinski definition) is 2. The third-order valence-electron chi connectivity index (χ3n) is 4.38. The summed E-state index contributed by atoms with van der Waals surface area (Å²) in [5, 5.41) is 10.1. The molecule has 0 fully saturated rings. The Kier molecular flexibility index (Phi) is 13.1. The van der Waals surface area contributed by atoms with E-state index in [1.165, 1.54) is 12.1 Å². The van der Waals surface area contributed by atoms with E-state index < -0.39 is 71.1 Å². The van der Waals surface area contributed by atoms with Crippen LogP contribution in [0, 0.1) is 12.0 Å². The minimum absolute atomic E-state index is 0. The minimum atomic E-state index is -5.07. The van der Waals surface area contributed by atoms with Crippen LogP contribution >= 0.6 is 0 Å². The first-order valence-electron chi connectivity index (χ1n) is 9.75. The summed E-state index contributed by atoms with van der Waals surface area (Å²) >= 11 is 0. The summed E-state index contributed by atoms with van der Waals surface area (Å²) in [7, 11) is -14.2. The van der Waals surface area contributed by atoms with Gasteiger partial charge in [0.15, 0.2) is 9.84 Å². The van der Waals surface area contributed by atoms with Gasteiger partial charge in [-0.3, -0.25) is 4.18 Å². The maximum Gasteiger partial charge on any atom is 1.00 e.